The fourth-order valence-corrected chi connectivity index (χ4v) is 3.95. The first-order valence-electron chi connectivity index (χ1n) is 6.85. The molecular formula is C15H20ClIN2O. The van der Waals surface area contributed by atoms with Crippen LogP contribution in [-0.4, -0.2) is 37.0 Å². The molecule has 1 saturated carbocycles. The van der Waals surface area contributed by atoms with Crippen molar-refractivity contribution in [1.29, 1.82) is 0 Å². The van der Waals surface area contributed by atoms with Gasteiger partial charge in [0, 0.05) is 20.7 Å². The summed E-state index contributed by atoms with van der Waals surface area (Å²) < 4.78 is 0.887. The zero-order chi connectivity index (χ0) is 14.8. The van der Waals surface area contributed by atoms with Gasteiger partial charge in [-0.15, -0.1) is 0 Å². The molecule has 0 unspecified atom stereocenters. The van der Waals surface area contributed by atoms with Gasteiger partial charge in [0.2, 0.25) is 0 Å². The van der Waals surface area contributed by atoms with Gasteiger partial charge in [-0.25, -0.2) is 0 Å². The van der Waals surface area contributed by atoms with Crippen molar-refractivity contribution >= 4 is 40.1 Å². The van der Waals surface area contributed by atoms with E-state index in [0.717, 1.165) is 16.4 Å². The molecule has 1 aliphatic carbocycles. The number of carbonyl (C=O) groups is 1. The number of rotatable bonds is 4. The molecule has 0 spiro atoms. The smallest absolute Gasteiger partial charge is 0.252 e. The van der Waals surface area contributed by atoms with E-state index in [1.165, 1.54) is 12.8 Å². The van der Waals surface area contributed by atoms with E-state index in [2.05, 4.69) is 46.9 Å². The van der Waals surface area contributed by atoms with Crippen molar-refractivity contribution in [2.24, 2.45) is 0 Å². The summed E-state index contributed by atoms with van der Waals surface area (Å²) in [5.41, 5.74) is 0.815. The van der Waals surface area contributed by atoms with Gasteiger partial charge < -0.3 is 10.2 Å². The van der Waals surface area contributed by atoms with Crippen LogP contribution in [0.25, 0.3) is 0 Å². The molecule has 0 aromatic heterocycles. The standard InChI is InChI=1S/C15H20ClIN2O/c1-19(2)15(7-3-4-8-15)10-18-14(20)12-6-5-11(16)9-13(12)17/h5-6,9H,3-4,7-8,10H2,1-2H3,(H,18,20). The first kappa shape index (κ1) is 16.0. The van der Waals surface area contributed by atoms with Crippen molar-refractivity contribution in [1.82, 2.24) is 10.2 Å². The Morgan fingerprint density at radius 1 is 1.40 bits per heavy atom. The normalized spacial score (nSPS) is 17.4. The van der Waals surface area contributed by atoms with Crippen LogP contribution in [0.1, 0.15) is 36.0 Å². The second-order valence-corrected chi connectivity index (χ2v) is 7.23. The van der Waals surface area contributed by atoms with Crippen molar-refractivity contribution in [2.45, 2.75) is 31.2 Å². The van der Waals surface area contributed by atoms with Crippen LogP contribution in [0, 0.1) is 3.57 Å². The molecule has 1 aromatic rings. The Balaban J connectivity index is 2.04. The van der Waals surface area contributed by atoms with Gasteiger partial charge >= 0.3 is 0 Å². The molecule has 1 aromatic carbocycles. The van der Waals surface area contributed by atoms with E-state index in [9.17, 15) is 4.79 Å². The highest BCUT2D eigenvalue weighted by molar-refractivity contribution is 14.1. The first-order valence-corrected chi connectivity index (χ1v) is 8.31. The predicted octanol–water partition coefficient (Wildman–Crippen LogP) is 3.55. The van der Waals surface area contributed by atoms with Crippen LogP contribution in [0.2, 0.25) is 5.02 Å². The summed E-state index contributed by atoms with van der Waals surface area (Å²) in [5.74, 6) is -0.0146. The summed E-state index contributed by atoms with van der Waals surface area (Å²) in [6.07, 6.45) is 4.79. The highest BCUT2D eigenvalue weighted by atomic mass is 127. The zero-order valence-corrected chi connectivity index (χ0v) is 14.8. The molecule has 0 atom stereocenters. The first-order chi connectivity index (χ1) is 9.44. The topological polar surface area (TPSA) is 32.3 Å². The Labute approximate surface area is 139 Å². The number of amides is 1. The summed E-state index contributed by atoms with van der Waals surface area (Å²) in [5, 5.41) is 3.75. The van der Waals surface area contributed by atoms with Gasteiger partial charge in [-0.2, -0.15) is 0 Å². The SMILES string of the molecule is CN(C)C1(CNC(=O)c2ccc(Cl)cc2I)CCCC1. The van der Waals surface area contributed by atoms with E-state index in [1.54, 1.807) is 12.1 Å². The average Bonchev–Trinajstić information content (AvgIpc) is 2.86. The molecule has 0 heterocycles. The summed E-state index contributed by atoms with van der Waals surface area (Å²) in [6.45, 7) is 0.706. The number of carbonyl (C=O) groups excluding carboxylic acids is 1. The third-order valence-corrected chi connectivity index (χ3v) is 5.36. The van der Waals surface area contributed by atoms with Crippen molar-refractivity contribution in [3.8, 4) is 0 Å². The Bertz CT molecular complexity index is 499. The van der Waals surface area contributed by atoms with Crippen LogP contribution in [0.4, 0.5) is 0 Å². The number of likely N-dealkylation sites (N-methyl/N-ethyl adjacent to an activating group) is 1. The molecule has 0 saturated heterocycles. The average molecular weight is 407 g/mol. The third kappa shape index (κ3) is 3.46. The molecule has 1 fully saturated rings. The lowest BCUT2D eigenvalue weighted by atomic mass is 9.96. The van der Waals surface area contributed by atoms with Crippen LogP contribution < -0.4 is 5.32 Å². The minimum atomic E-state index is -0.0146. The number of benzene rings is 1. The Morgan fingerprint density at radius 3 is 2.60 bits per heavy atom. The van der Waals surface area contributed by atoms with E-state index in [1.807, 2.05) is 6.07 Å². The minimum Gasteiger partial charge on any atom is -0.350 e. The van der Waals surface area contributed by atoms with Crippen molar-refractivity contribution in [3.05, 3.63) is 32.4 Å². The second-order valence-electron chi connectivity index (χ2n) is 5.63. The molecule has 0 aliphatic heterocycles. The number of hydrogen-bond donors (Lipinski definition) is 1. The largest absolute Gasteiger partial charge is 0.350 e. The summed E-state index contributed by atoms with van der Waals surface area (Å²) in [6, 6.07) is 5.36. The molecule has 3 nitrogen and oxygen atoms in total. The maximum atomic E-state index is 12.3. The van der Waals surface area contributed by atoms with Crippen LogP contribution in [0.5, 0.6) is 0 Å². The van der Waals surface area contributed by atoms with Crippen molar-refractivity contribution in [3.63, 3.8) is 0 Å². The van der Waals surface area contributed by atoms with Gasteiger partial charge in [0.05, 0.1) is 5.56 Å². The van der Waals surface area contributed by atoms with E-state index < -0.39 is 0 Å². The van der Waals surface area contributed by atoms with Crippen LogP contribution in [0.15, 0.2) is 18.2 Å². The summed E-state index contributed by atoms with van der Waals surface area (Å²) in [4.78, 5) is 14.6. The van der Waals surface area contributed by atoms with Gasteiger partial charge in [-0.1, -0.05) is 24.4 Å². The zero-order valence-electron chi connectivity index (χ0n) is 11.9. The van der Waals surface area contributed by atoms with Gasteiger partial charge in [-0.05, 0) is 67.7 Å². The summed E-state index contributed by atoms with van der Waals surface area (Å²) in [7, 11) is 4.20. The van der Waals surface area contributed by atoms with E-state index >= 15 is 0 Å². The number of hydrogen-bond acceptors (Lipinski definition) is 2. The van der Waals surface area contributed by atoms with Crippen LogP contribution in [0.3, 0.4) is 0 Å². The molecule has 20 heavy (non-hydrogen) atoms. The van der Waals surface area contributed by atoms with Gasteiger partial charge in [0.15, 0.2) is 0 Å². The molecule has 1 N–H and O–H groups in total. The van der Waals surface area contributed by atoms with Gasteiger partial charge in [0.25, 0.3) is 5.91 Å². The Kier molecular flexibility index (Phi) is 5.31. The van der Waals surface area contributed by atoms with E-state index in [-0.39, 0.29) is 11.4 Å². The number of halogens is 2. The number of nitrogens with zero attached hydrogens (tertiary/aromatic N) is 1. The number of nitrogens with one attached hydrogen (secondary N) is 1. The lowest BCUT2D eigenvalue weighted by Gasteiger charge is -2.36. The molecule has 110 valence electrons. The minimum absolute atomic E-state index is 0.0146. The molecule has 0 radical (unpaired) electrons. The molecular weight excluding hydrogens is 387 g/mol. The fraction of sp³-hybridized carbons (Fsp3) is 0.533. The molecule has 2 rings (SSSR count). The third-order valence-electron chi connectivity index (χ3n) is 4.24. The lowest BCUT2D eigenvalue weighted by molar-refractivity contribution is 0.0899. The van der Waals surface area contributed by atoms with E-state index in [0.29, 0.717) is 17.1 Å². The fourth-order valence-electron chi connectivity index (χ4n) is 2.83. The Morgan fingerprint density at radius 2 is 2.05 bits per heavy atom. The van der Waals surface area contributed by atoms with Crippen molar-refractivity contribution < 1.29 is 4.79 Å². The van der Waals surface area contributed by atoms with Gasteiger partial charge in [0.1, 0.15) is 0 Å². The highest BCUT2D eigenvalue weighted by Crippen LogP contribution is 2.33. The quantitative estimate of drug-likeness (QED) is 0.776. The summed E-state index contributed by atoms with van der Waals surface area (Å²) >= 11 is 8.07. The van der Waals surface area contributed by atoms with Crippen LogP contribution in [-0.2, 0) is 0 Å². The van der Waals surface area contributed by atoms with E-state index in [4.69, 9.17) is 11.6 Å². The molecule has 1 amide bonds. The van der Waals surface area contributed by atoms with Crippen LogP contribution >= 0.6 is 34.2 Å². The Hall–Kier alpha value is -0.330. The lowest BCUT2D eigenvalue weighted by Crippen LogP contribution is -2.50. The maximum Gasteiger partial charge on any atom is 0.252 e. The molecule has 1 aliphatic rings. The molecule has 5 heteroatoms. The predicted molar refractivity (Wildman–Crippen MR) is 91.4 cm³/mol. The maximum absolute atomic E-state index is 12.3. The second kappa shape index (κ2) is 6.62. The monoisotopic (exact) mass is 406 g/mol. The van der Waals surface area contributed by atoms with Crippen molar-refractivity contribution in [2.75, 3.05) is 20.6 Å². The molecule has 0 bridgehead atoms. The van der Waals surface area contributed by atoms with Gasteiger partial charge in [-0.3, -0.25) is 4.79 Å². The highest BCUT2D eigenvalue weighted by Gasteiger charge is 2.36.